The van der Waals surface area contributed by atoms with E-state index in [-0.39, 0.29) is 0 Å². The summed E-state index contributed by atoms with van der Waals surface area (Å²) in [5.74, 6) is 0. The average molecular weight is 345 g/mol. The highest BCUT2D eigenvalue weighted by atomic mass is 28.3. The van der Waals surface area contributed by atoms with Crippen molar-refractivity contribution in [1.29, 1.82) is 0 Å². The van der Waals surface area contributed by atoms with Gasteiger partial charge in [-0.1, -0.05) is 59.9 Å². The van der Waals surface area contributed by atoms with E-state index in [0.29, 0.717) is 0 Å². The van der Waals surface area contributed by atoms with E-state index in [0.717, 1.165) is 12.8 Å². The summed E-state index contributed by atoms with van der Waals surface area (Å²) in [6, 6.07) is 9.13. The highest BCUT2D eigenvalue weighted by Crippen LogP contribution is 2.41. The minimum atomic E-state index is -1.60. The summed E-state index contributed by atoms with van der Waals surface area (Å²) < 4.78 is 0. The van der Waals surface area contributed by atoms with Crippen molar-refractivity contribution in [1.82, 2.24) is 0 Å². The van der Waals surface area contributed by atoms with Crippen LogP contribution in [0.25, 0.3) is 12.2 Å². The Balaban J connectivity index is 1.73. The van der Waals surface area contributed by atoms with Crippen LogP contribution in [0.5, 0.6) is 0 Å². The lowest BCUT2D eigenvalue weighted by Gasteiger charge is -2.26. The first kappa shape index (κ1) is 16.6. The molecule has 0 nitrogen and oxygen atoms in total. The Morgan fingerprint density at radius 3 is 1.32 bits per heavy atom. The minimum absolute atomic E-state index is 1.16. The molecule has 2 aliphatic rings. The van der Waals surface area contributed by atoms with E-state index >= 15 is 0 Å². The largest absolute Gasteiger partial charge is 0.103 e. The molecule has 0 radical (unpaired) electrons. The summed E-state index contributed by atoms with van der Waals surface area (Å²) in [7, 11) is -1.60. The zero-order valence-corrected chi connectivity index (χ0v) is 17.4. The summed E-state index contributed by atoms with van der Waals surface area (Å²) in [6.45, 7) is 14.1. The van der Waals surface area contributed by atoms with Gasteiger partial charge in [-0.05, 0) is 85.0 Å². The van der Waals surface area contributed by atoms with Crippen LogP contribution in [0.15, 0.2) is 34.7 Å². The van der Waals surface area contributed by atoms with Gasteiger partial charge in [0.25, 0.3) is 0 Å². The maximum atomic E-state index is 2.55. The molecule has 0 bridgehead atoms. The molecule has 4 rings (SSSR count). The molecule has 2 aliphatic carbocycles. The van der Waals surface area contributed by atoms with Gasteiger partial charge in [0.1, 0.15) is 8.07 Å². The van der Waals surface area contributed by atoms with E-state index in [1.807, 2.05) is 0 Å². The molecule has 0 atom stereocenters. The SMILES string of the molecule is Cc1ccc(C)c2c1C=C([Si](C)(C)C1=Cc3c(C)ccc(C)c3C1)C2. The molecule has 2 aromatic carbocycles. The molecule has 128 valence electrons. The summed E-state index contributed by atoms with van der Waals surface area (Å²) in [4.78, 5) is 0. The Labute approximate surface area is 153 Å². The van der Waals surface area contributed by atoms with E-state index in [1.165, 1.54) is 33.4 Å². The van der Waals surface area contributed by atoms with Gasteiger partial charge in [0.15, 0.2) is 0 Å². The van der Waals surface area contributed by atoms with Gasteiger partial charge >= 0.3 is 0 Å². The van der Waals surface area contributed by atoms with Crippen LogP contribution in [0.1, 0.15) is 44.5 Å². The van der Waals surface area contributed by atoms with Crippen LogP contribution < -0.4 is 0 Å². The van der Waals surface area contributed by atoms with Gasteiger partial charge in [0.05, 0.1) is 0 Å². The number of allylic oxidation sites excluding steroid dienone is 2. The maximum absolute atomic E-state index is 2.55. The molecule has 0 amide bonds. The van der Waals surface area contributed by atoms with E-state index < -0.39 is 8.07 Å². The predicted molar refractivity (Wildman–Crippen MR) is 113 cm³/mol. The second kappa shape index (κ2) is 5.57. The predicted octanol–water partition coefficient (Wildman–Crippen LogP) is 6.29. The van der Waals surface area contributed by atoms with Gasteiger partial charge in [0, 0.05) is 0 Å². The van der Waals surface area contributed by atoms with Crippen molar-refractivity contribution < 1.29 is 0 Å². The Morgan fingerprint density at radius 2 is 0.960 bits per heavy atom. The van der Waals surface area contributed by atoms with Gasteiger partial charge < -0.3 is 0 Å². The van der Waals surface area contributed by atoms with Crippen molar-refractivity contribution >= 4 is 20.2 Å². The van der Waals surface area contributed by atoms with E-state index in [4.69, 9.17) is 0 Å². The molecule has 0 aromatic heterocycles. The topological polar surface area (TPSA) is 0 Å². The summed E-state index contributed by atoms with van der Waals surface area (Å²) in [5, 5.41) is 3.41. The minimum Gasteiger partial charge on any atom is -0.0714 e. The Hall–Kier alpha value is -1.86. The third kappa shape index (κ3) is 2.48. The normalized spacial score (nSPS) is 15.8. The number of fused-ring (bicyclic) bond motifs is 2. The Bertz CT molecular complexity index is 877. The van der Waals surface area contributed by atoms with Crippen LogP contribution in [0.2, 0.25) is 13.1 Å². The monoisotopic (exact) mass is 344 g/mol. The molecule has 0 spiro atoms. The van der Waals surface area contributed by atoms with Gasteiger partial charge in [-0.25, -0.2) is 0 Å². The van der Waals surface area contributed by atoms with Crippen LogP contribution in [-0.2, 0) is 12.8 Å². The number of aryl methyl sites for hydroxylation is 4. The second-order valence-electron chi connectivity index (χ2n) is 8.50. The lowest BCUT2D eigenvalue weighted by molar-refractivity contribution is 1.17. The molecule has 0 saturated heterocycles. The van der Waals surface area contributed by atoms with Crippen LogP contribution in [-0.4, -0.2) is 8.07 Å². The van der Waals surface area contributed by atoms with E-state index in [1.54, 1.807) is 21.5 Å². The van der Waals surface area contributed by atoms with Crippen molar-refractivity contribution in [2.45, 2.75) is 53.6 Å². The van der Waals surface area contributed by atoms with Crippen LogP contribution in [0.3, 0.4) is 0 Å². The van der Waals surface area contributed by atoms with Gasteiger partial charge in [-0.3, -0.25) is 0 Å². The Morgan fingerprint density at radius 1 is 0.600 bits per heavy atom. The van der Waals surface area contributed by atoms with Crippen molar-refractivity contribution in [3.63, 3.8) is 0 Å². The number of hydrogen-bond donors (Lipinski definition) is 0. The fourth-order valence-corrected chi connectivity index (χ4v) is 7.15. The van der Waals surface area contributed by atoms with Gasteiger partial charge in [-0.2, -0.15) is 0 Å². The molecule has 0 aliphatic heterocycles. The summed E-state index contributed by atoms with van der Waals surface area (Å²) >= 11 is 0. The third-order valence-corrected chi connectivity index (χ3v) is 10.4. The third-order valence-electron chi connectivity index (χ3n) is 6.60. The fourth-order valence-electron chi connectivity index (χ4n) is 4.49. The number of benzene rings is 2. The quantitative estimate of drug-likeness (QED) is 0.562. The van der Waals surface area contributed by atoms with Crippen molar-refractivity contribution in [2.75, 3.05) is 0 Å². The molecule has 0 N–H and O–H groups in total. The average Bonchev–Trinajstić information content (AvgIpc) is 3.21. The standard InChI is InChI=1S/C24H28Si/c1-15-7-8-16(2)22-12-19(11-21(15)22)25(5,6)20-13-23-17(3)9-10-18(4)24(23)14-20/h7-11,13H,12,14H2,1-6H3. The highest BCUT2D eigenvalue weighted by molar-refractivity contribution is 6.92. The fraction of sp³-hybridized carbons (Fsp3) is 0.333. The lowest BCUT2D eigenvalue weighted by Crippen LogP contribution is -2.32. The molecule has 2 aromatic rings. The molecule has 1 heteroatoms. The summed E-state index contributed by atoms with van der Waals surface area (Å²) in [5.41, 5.74) is 11.9. The smallest absolute Gasteiger partial charge is 0.0714 e. The van der Waals surface area contributed by atoms with Crippen LogP contribution >= 0.6 is 0 Å². The zero-order valence-electron chi connectivity index (χ0n) is 16.4. The van der Waals surface area contributed by atoms with Crippen LogP contribution in [0.4, 0.5) is 0 Å². The number of rotatable bonds is 2. The first-order valence-electron chi connectivity index (χ1n) is 9.39. The number of hydrogen-bond acceptors (Lipinski definition) is 0. The molecule has 0 heterocycles. The molecule has 0 fully saturated rings. The molecular formula is C24H28Si. The van der Waals surface area contributed by atoms with Crippen molar-refractivity contribution in [3.8, 4) is 0 Å². The van der Waals surface area contributed by atoms with Crippen LogP contribution in [0, 0.1) is 27.7 Å². The molecule has 0 unspecified atom stereocenters. The maximum Gasteiger partial charge on any atom is 0.103 e. The molecular weight excluding hydrogens is 316 g/mol. The highest BCUT2D eigenvalue weighted by Gasteiger charge is 2.36. The first-order valence-corrected chi connectivity index (χ1v) is 12.4. The van der Waals surface area contributed by atoms with Gasteiger partial charge in [0.2, 0.25) is 0 Å². The van der Waals surface area contributed by atoms with E-state index in [9.17, 15) is 0 Å². The van der Waals surface area contributed by atoms with E-state index in [2.05, 4.69) is 77.2 Å². The van der Waals surface area contributed by atoms with Gasteiger partial charge in [-0.15, -0.1) is 0 Å². The van der Waals surface area contributed by atoms with Crippen molar-refractivity contribution in [2.24, 2.45) is 0 Å². The first-order chi connectivity index (χ1) is 11.8. The lowest BCUT2D eigenvalue weighted by atomic mass is 10.00. The zero-order chi connectivity index (χ0) is 17.9. The molecule has 25 heavy (non-hydrogen) atoms. The molecule has 0 saturated carbocycles. The summed E-state index contributed by atoms with van der Waals surface area (Å²) in [6.07, 6.45) is 7.39. The van der Waals surface area contributed by atoms with Crippen molar-refractivity contribution in [3.05, 3.63) is 79.2 Å². The second-order valence-corrected chi connectivity index (χ2v) is 13.0. The Kier molecular flexibility index (Phi) is 3.70.